The number of hydrogen-bond donors (Lipinski definition) is 1. The Morgan fingerprint density at radius 3 is 2.65 bits per heavy atom. The Morgan fingerprint density at radius 1 is 1.31 bits per heavy atom. The van der Waals surface area contributed by atoms with Gasteiger partial charge in [-0.15, -0.1) is 0 Å². The van der Waals surface area contributed by atoms with Crippen LogP contribution in [0, 0.1) is 5.41 Å². The number of carbonyl (C=O) groups excluding carboxylic acids is 1. The predicted octanol–water partition coefficient (Wildman–Crippen LogP) is 3.09. The highest BCUT2D eigenvalue weighted by Gasteiger charge is 2.37. The molecule has 140 valence electrons. The van der Waals surface area contributed by atoms with Gasteiger partial charge in [-0.1, -0.05) is 13.8 Å². The van der Waals surface area contributed by atoms with E-state index in [-0.39, 0.29) is 23.4 Å². The van der Waals surface area contributed by atoms with Gasteiger partial charge in [0.05, 0.1) is 17.1 Å². The zero-order chi connectivity index (χ0) is 18.6. The largest absolute Gasteiger partial charge is 0.338 e. The lowest BCUT2D eigenvalue weighted by molar-refractivity contribution is 0.0534. The maximum Gasteiger partial charge on any atom is 0.254 e. The molecular weight excluding hydrogens is 326 g/mol. The molecule has 1 saturated carbocycles. The number of nitrogens with two attached hydrogens (primary N) is 1. The number of hydrogen-bond acceptors (Lipinski definition) is 4. The molecule has 0 spiro atoms. The van der Waals surface area contributed by atoms with Crippen LogP contribution in [0.3, 0.4) is 0 Å². The number of rotatable bonds is 3. The lowest BCUT2D eigenvalue weighted by atomic mass is 9.79. The van der Waals surface area contributed by atoms with Gasteiger partial charge in [0.25, 0.3) is 5.91 Å². The Hall–Kier alpha value is -1.95. The molecule has 2 N–H and O–H groups in total. The summed E-state index contributed by atoms with van der Waals surface area (Å²) in [7, 11) is 0. The molecule has 0 bridgehead atoms. The lowest BCUT2D eigenvalue weighted by Crippen LogP contribution is -2.54. The molecule has 6 heteroatoms. The van der Waals surface area contributed by atoms with Crippen LogP contribution in [0.2, 0.25) is 0 Å². The molecule has 1 unspecified atom stereocenters. The van der Waals surface area contributed by atoms with E-state index in [1.807, 2.05) is 15.6 Å². The van der Waals surface area contributed by atoms with Crippen molar-refractivity contribution in [1.82, 2.24) is 19.7 Å². The number of carbonyl (C=O) groups is 1. The number of nitrogens with zero attached hydrogens (tertiary/aromatic N) is 4. The Kier molecular flexibility index (Phi) is 4.06. The highest BCUT2D eigenvalue weighted by Crippen LogP contribution is 2.40. The van der Waals surface area contributed by atoms with E-state index in [1.54, 1.807) is 6.20 Å². The zero-order valence-corrected chi connectivity index (χ0v) is 16.2. The molecule has 0 radical (unpaired) electrons. The molecule has 3 heterocycles. The Balaban J connectivity index is 1.76. The molecule has 2 aromatic heterocycles. The smallest absolute Gasteiger partial charge is 0.254 e. The minimum absolute atomic E-state index is 0.0680. The highest BCUT2D eigenvalue weighted by molar-refractivity contribution is 6.05. The second-order valence-corrected chi connectivity index (χ2v) is 8.90. The quantitative estimate of drug-likeness (QED) is 0.918. The molecule has 2 aromatic rings. The van der Waals surface area contributed by atoms with Gasteiger partial charge in [0.2, 0.25) is 0 Å². The van der Waals surface area contributed by atoms with Crippen LogP contribution in [0.4, 0.5) is 0 Å². The topological polar surface area (TPSA) is 77.0 Å². The van der Waals surface area contributed by atoms with Gasteiger partial charge in [0.1, 0.15) is 0 Å². The van der Waals surface area contributed by atoms with Crippen molar-refractivity contribution in [3.05, 3.63) is 23.5 Å². The molecule has 2 fully saturated rings. The average molecular weight is 355 g/mol. The molecule has 1 atom stereocenters. The fourth-order valence-electron chi connectivity index (χ4n) is 3.90. The Bertz CT molecular complexity index is 849. The van der Waals surface area contributed by atoms with Crippen molar-refractivity contribution in [3.63, 3.8) is 0 Å². The van der Waals surface area contributed by atoms with Gasteiger partial charge < -0.3 is 10.6 Å². The first-order valence-electron chi connectivity index (χ1n) is 9.71. The third kappa shape index (κ3) is 2.90. The number of fused-ring (bicyclic) bond motifs is 1. The van der Waals surface area contributed by atoms with Crippen LogP contribution in [0.15, 0.2) is 12.3 Å². The summed E-state index contributed by atoms with van der Waals surface area (Å²) in [6.45, 7) is 9.87. The Labute approximate surface area is 154 Å². The van der Waals surface area contributed by atoms with Crippen molar-refractivity contribution in [2.45, 2.75) is 65.0 Å². The number of piperidine rings is 1. The van der Waals surface area contributed by atoms with Gasteiger partial charge in [-0.2, -0.15) is 5.10 Å². The van der Waals surface area contributed by atoms with E-state index < -0.39 is 0 Å². The molecule has 0 aromatic carbocycles. The summed E-state index contributed by atoms with van der Waals surface area (Å²) in [5.41, 5.74) is 8.80. The van der Waals surface area contributed by atoms with Crippen molar-refractivity contribution in [2.24, 2.45) is 11.1 Å². The SMILES string of the molecule is CC(C)n1ncc2c(C(=O)N3CCC(N)C(C)(C)C3)cc(C3CC3)nc21. The molecule has 1 amide bonds. The molecule has 1 aliphatic carbocycles. The summed E-state index contributed by atoms with van der Waals surface area (Å²) in [6, 6.07) is 2.36. The summed E-state index contributed by atoms with van der Waals surface area (Å²) in [6.07, 6.45) is 4.96. The summed E-state index contributed by atoms with van der Waals surface area (Å²) >= 11 is 0. The van der Waals surface area contributed by atoms with Crippen LogP contribution in [-0.4, -0.2) is 44.7 Å². The van der Waals surface area contributed by atoms with Crippen LogP contribution in [0.25, 0.3) is 11.0 Å². The van der Waals surface area contributed by atoms with Gasteiger partial charge in [-0.05, 0) is 44.6 Å². The minimum Gasteiger partial charge on any atom is -0.338 e. The van der Waals surface area contributed by atoms with Crippen molar-refractivity contribution >= 4 is 16.9 Å². The van der Waals surface area contributed by atoms with Gasteiger partial charge in [0.15, 0.2) is 5.65 Å². The van der Waals surface area contributed by atoms with E-state index in [9.17, 15) is 4.79 Å². The van der Waals surface area contributed by atoms with Crippen molar-refractivity contribution < 1.29 is 4.79 Å². The van der Waals surface area contributed by atoms with Crippen LogP contribution in [0.1, 0.15) is 75.0 Å². The van der Waals surface area contributed by atoms with E-state index in [1.165, 1.54) is 0 Å². The molecule has 4 rings (SSSR count). The second kappa shape index (κ2) is 6.05. The van der Waals surface area contributed by atoms with Crippen molar-refractivity contribution in [2.75, 3.05) is 13.1 Å². The van der Waals surface area contributed by atoms with Crippen LogP contribution in [-0.2, 0) is 0 Å². The Morgan fingerprint density at radius 2 is 2.04 bits per heavy atom. The zero-order valence-electron chi connectivity index (χ0n) is 16.2. The third-order valence-electron chi connectivity index (χ3n) is 5.90. The van der Waals surface area contributed by atoms with Crippen LogP contribution in [0.5, 0.6) is 0 Å². The van der Waals surface area contributed by atoms with Crippen LogP contribution >= 0.6 is 0 Å². The van der Waals surface area contributed by atoms with Crippen molar-refractivity contribution in [3.8, 4) is 0 Å². The van der Waals surface area contributed by atoms with E-state index in [0.29, 0.717) is 19.0 Å². The van der Waals surface area contributed by atoms with Gasteiger partial charge >= 0.3 is 0 Å². The number of aromatic nitrogens is 3. The predicted molar refractivity (Wildman–Crippen MR) is 102 cm³/mol. The summed E-state index contributed by atoms with van der Waals surface area (Å²) in [5, 5.41) is 5.37. The number of pyridine rings is 1. The van der Waals surface area contributed by atoms with Gasteiger partial charge in [-0.3, -0.25) is 4.79 Å². The first-order chi connectivity index (χ1) is 12.3. The average Bonchev–Trinajstić information content (AvgIpc) is 3.34. The molecule has 26 heavy (non-hydrogen) atoms. The normalized spacial score (nSPS) is 23.0. The fraction of sp³-hybridized carbons (Fsp3) is 0.650. The molecule has 2 aliphatic rings. The van der Waals surface area contributed by atoms with Gasteiger partial charge in [0, 0.05) is 36.8 Å². The molecule has 1 aliphatic heterocycles. The minimum atomic E-state index is -0.0680. The molecule has 1 saturated heterocycles. The summed E-state index contributed by atoms with van der Waals surface area (Å²) in [5.74, 6) is 0.579. The van der Waals surface area contributed by atoms with E-state index in [2.05, 4.69) is 32.8 Å². The maximum absolute atomic E-state index is 13.4. The second-order valence-electron chi connectivity index (χ2n) is 8.90. The van der Waals surface area contributed by atoms with E-state index in [4.69, 9.17) is 10.7 Å². The highest BCUT2D eigenvalue weighted by atomic mass is 16.2. The summed E-state index contributed by atoms with van der Waals surface area (Å²) in [4.78, 5) is 20.2. The first kappa shape index (κ1) is 17.5. The van der Waals surface area contributed by atoms with E-state index >= 15 is 0 Å². The van der Waals surface area contributed by atoms with E-state index in [0.717, 1.165) is 41.6 Å². The maximum atomic E-state index is 13.4. The standard InChI is InChI=1S/C20H29N5O/c1-12(2)25-18-15(10-22-25)14(9-16(23-18)13-5-6-13)19(26)24-8-7-17(21)20(3,4)11-24/h9-10,12-13,17H,5-8,11,21H2,1-4H3. The fourth-order valence-corrected chi connectivity index (χ4v) is 3.90. The number of likely N-dealkylation sites (tertiary alicyclic amines) is 1. The monoisotopic (exact) mass is 355 g/mol. The van der Waals surface area contributed by atoms with Crippen molar-refractivity contribution in [1.29, 1.82) is 0 Å². The van der Waals surface area contributed by atoms with Crippen LogP contribution < -0.4 is 5.73 Å². The third-order valence-corrected chi connectivity index (χ3v) is 5.90. The molecular formula is C20H29N5O. The summed E-state index contributed by atoms with van der Waals surface area (Å²) < 4.78 is 1.92. The number of amides is 1. The molecule has 6 nitrogen and oxygen atoms in total. The van der Waals surface area contributed by atoms with Gasteiger partial charge in [-0.25, -0.2) is 9.67 Å². The lowest BCUT2D eigenvalue weighted by Gasteiger charge is -2.42. The first-order valence-corrected chi connectivity index (χ1v) is 9.71.